The monoisotopic (exact) mass is 249 g/mol. The second-order valence-corrected chi connectivity index (χ2v) is 4.94. The molecule has 0 unspecified atom stereocenters. The lowest BCUT2D eigenvalue weighted by Crippen LogP contribution is -2.21. The van der Waals surface area contributed by atoms with Crippen LogP contribution in [0.3, 0.4) is 0 Å². The molecule has 18 heavy (non-hydrogen) atoms. The number of hydrogen-bond donors (Lipinski definition) is 1. The molecule has 2 aliphatic rings. The van der Waals surface area contributed by atoms with Crippen LogP contribution in [0.1, 0.15) is 25.7 Å². The van der Waals surface area contributed by atoms with E-state index in [4.69, 9.17) is 4.74 Å². The van der Waals surface area contributed by atoms with Crippen molar-refractivity contribution in [3.63, 3.8) is 0 Å². The fourth-order valence-electron chi connectivity index (χ4n) is 2.06. The summed E-state index contributed by atoms with van der Waals surface area (Å²) in [6.07, 6.45) is 4.95. The van der Waals surface area contributed by atoms with Crippen molar-refractivity contribution in [2.45, 2.75) is 25.7 Å². The highest BCUT2D eigenvalue weighted by atomic mass is 16.5. The van der Waals surface area contributed by atoms with Crippen LogP contribution in [0.25, 0.3) is 0 Å². The lowest BCUT2D eigenvalue weighted by atomic mass is 10.4. The summed E-state index contributed by atoms with van der Waals surface area (Å²) in [6, 6.07) is 0.447. The van der Waals surface area contributed by atoms with E-state index in [9.17, 15) is 0 Å². The molecule has 6 heteroatoms. The van der Waals surface area contributed by atoms with Crippen molar-refractivity contribution in [3.05, 3.63) is 0 Å². The van der Waals surface area contributed by atoms with Gasteiger partial charge in [0.1, 0.15) is 0 Å². The minimum absolute atomic E-state index is 0.447. The Morgan fingerprint density at radius 3 is 2.67 bits per heavy atom. The maximum Gasteiger partial charge on any atom is 0.323 e. The Balaban J connectivity index is 1.76. The summed E-state index contributed by atoms with van der Waals surface area (Å²) in [5.74, 6) is 2.02. The van der Waals surface area contributed by atoms with Crippen LogP contribution < -0.4 is 15.0 Å². The highest BCUT2D eigenvalue weighted by molar-refractivity contribution is 5.38. The van der Waals surface area contributed by atoms with E-state index >= 15 is 0 Å². The Morgan fingerprint density at radius 2 is 2.00 bits per heavy atom. The first-order valence-corrected chi connectivity index (χ1v) is 6.67. The van der Waals surface area contributed by atoms with Gasteiger partial charge in [0.15, 0.2) is 0 Å². The number of aromatic nitrogens is 3. The molecule has 1 aliphatic heterocycles. The molecule has 0 amide bonds. The van der Waals surface area contributed by atoms with Gasteiger partial charge in [0.05, 0.1) is 6.61 Å². The van der Waals surface area contributed by atoms with Crippen LogP contribution in [0.2, 0.25) is 0 Å². The third kappa shape index (κ3) is 2.63. The lowest BCUT2D eigenvalue weighted by Gasteiger charge is -2.16. The van der Waals surface area contributed by atoms with E-state index in [1.807, 2.05) is 7.05 Å². The lowest BCUT2D eigenvalue weighted by molar-refractivity contribution is 0.276. The topological polar surface area (TPSA) is 63.2 Å². The van der Waals surface area contributed by atoms with Crippen molar-refractivity contribution >= 4 is 11.9 Å². The van der Waals surface area contributed by atoms with Crippen LogP contribution in [0.5, 0.6) is 6.01 Å². The van der Waals surface area contributed by atoms with Crippen LogP contribution in [0.4, 0.5) is 11.9 Å². The molecule has 1 saturated heterocycles. The summed E-state index contributed by atoms with van der Waals surface area (Å²) >= 11 is 0. The van der Waals surface area contributed by atoms with Gasteiger partial charge in [-0.25, -0.2) is 0 Å². The number of rotatable bonds is 5. The Hall–Kier alpha value is -1.59. The average Bonchev–Trinajstić information content (AvgIpc) is 3.07. The molecule has 0 atom stereocenters. The highest BCUT2D eigenvalue weighted by Gasteiger charge is 2.23. The molecule has 0 spiro atoms. The minimum atomic E-state index is 0.447. The summed E-state index contributed by atoms with van der Waals surface area (Å²) in [7, 11) is 1.81. The molecule has 0 bridgehead atoms. The van der Waals surface area contributed by atoms with Crippen molar-refractivity contribution in [3.8, 4) is 6.01 Å². The zero-order valence-corrected chi connectivity index (χ0v) is 10.7. The molecule has 1 aliphatic carbocycles. The Kier molecular flexibility index (Phi) is 3.17. The predicted molar refractivity (Wildman–Crippen MR) is 69.0 cm³/mol. The number of hydrogen-bond acceptors (Lipinski definition) is 6. The summed E-state index contributed by atoms with van der Waals surface area (Å²) in [5, 5.41) is 2.97. The van der Waals surface area contributed by atoms with Crippen molar-refractivity contribution in [2.75, 3.05) is 37.0 Å². The van der Waals surface area contributed by atoms with Crippen molar-refractivity contribution in [1.29, 1.82) is 0 Å². The molecule has 6 nitrogen and oxygen atoms in total. The van der Waals surface area contributed by atoms with Crippen molar-refractivity contribution in [2.24, 2.45) is 5.92 Å². The summed E-state index contributed by atoms with van der Waals surface area (Å²) in [6.45, 7) is 2.77. The van der Waals surface area contributed by atoms with Gasteiger partial charge in [0.25, 0.3) is 0 Å². The molecule has 98 valence electrons. The first kappa shape index (κ1) is 11.5. The predicted octanol–water partition coefficient (Wildman–Crippen LogP) is 1.30. The fraction of sp³-hybridized carbons (Fsp3) is 0.750. The molecule has 1 aromatic heterocycles. The number of anilines is 2. The quantitative estimate of drug-likeness (QED) is 0.848. The highest BCUT2D eigenvalue weighted by Crippen LogP contribution is 2.29. The second kappa shape index (κ2) is 4.96. The maximum absolute atomic E-state index is 5.64. The molecule has 3 rings (SSSR count). The summed E-state index contributed by atoms with van der Waals surface area (Å²) in [4.78, 5) is 15.2. The van der Waals surface area contributed by atoms with Crippen LogP contribution in [0.15, 0.2) is 0 Å². The summed E-state index contributed by atoms with van der Waals surface area (Å²) < 4.78 is 5.64. The molecule has 0 radical (unpaired) electrons. The van der Waals surface area contributed by atoms with Gasteiger partial charge in [-0.05, 0) is 31.6 Å². The maximum atomic E-state index is 5.64. The Morgan fingerprint density at radius 1 is 1.22 bits per heavy atom. The molecule has 2 fully saturated rings. The van der Waals surface area contributed by atoms with Gasteiger partial charge in [-0.1, -0.05) is 0 Å². The summed E-state index contributed by atoms with van der Waals surface area (Å²) in [5.41, 5.74) is 0. The van der Waals surface area contributed by atoms with Crippen LogP contribution in [-0.4, -0.2) is 41.7 Å². The van der Waals surface area contributed by atoms with Gasteiger partial charge in [0.2, 0.25) is 11.9 Å². The van der Waals surface area contributed by atoms with E-state index in [0.29, 0.717) is 17.9 Å². The molecular formula is C12H19N5O. The standard InChI is InChI=1S/C12H19N5O/c1-13-10-14-11(17-6-2-3-7-17)16-12(15-10)18-8-9-4-5-9/h9H,2-8H2,1H3,(H,13,14,15,16). The van der Waals surface area contributed by atoms with Crippen LogP contribution >= 0.6 is 0 Å². The van der Waals surface area contributed by atoms with Crippen LogP contribution in [-0.2, 0) is 0 Å². The van der Waals surface area contributed by atoms with Gasteiger partial charge >= 0.3 is 6.01 Å². The molecule has 1 saturated carbocycles. The number of nitrogens with zero attached hydrogens (tertiary/aromatic N) is 4. The van der Waals surface area contributed by atoms with Crippen molar-refractivity contribution < 1.29 is 4.74 Å². The first-order valence-electron chi connectivity index (χ1n) is 6.67. The zero-order valence-electron chi connectivity index (χ0n) is 10.7. The van der Waals surface area contributed by atoms with E-state index < -0.39 is 0 Å². The third-order valence-electron chi connectivity index (χ3n) is 3.36. The normalized spacial score (nSPS) is 19.1. The van der Waals surface area contributed by atoms with Crippen molar-refractivity contribution in [1.82, 2.24) is 15.0 Å². The van der Waals surface area contributed by atoms with Crippen LogP contribution in [0, 0.1) is 5.92 Å². The van der Waals surface area contributed by atoms with E-state index in [-0.39, 0.29) is 0 Å². The smallest absolute Gasteiger partial charge is 0.323 e. The van der Waals surface area contributed by atoms with Gasteiger partial charge < -0.3 is 15.0 Å². The fourth-order valence-corrected chi connectivity index (χ4v) is 2.06. The molecule has 0 aromatic carbocycles. The van der Waals surface area contributed by atoms with Gasteiger partial charge in [0, 0.05) is 20.1 Å². The van der Waals surface area contributed by atoms with E-state index in [2.05, 4.69) is 25.2 Å². The largest absolute Gasteiger partial charge is 0.463 e. The molecule has 2 heterocycles. The van der Waals surface area contributed by atoms with Gasteiger partial charge in [-0.3, -0.25) is 0 Å². The number of nitrogens with one attached hydrogen (secondary N) is 1. The average molecular weight is 249 g/mol. The SMILES string of the molecule is CNc1nc(OCC2CC2)nc(N2CCCC2)n1. The minimum Gasteiger partial charge on any atom is -0.463 e. The molecular weight excluding hydrogens is 230 g/mol. The zero-order chi connectivity index (χ0) is 12.4. The first-order chi connectivity index (χ1) is 8.85. The Bertz CT molecular complexity index is 415. The molecule has 1 aromatic rings. The second-order valence-electron chi connectivity index (χ2n) is 4.94. The third-order valence-corrected chi connectivity index (χ3v) is 3.36. The Labute approximate surface area is 107 Å². The van der Waals surface area contributed by atoms with Gasteiger partial charge in [-0.2, -0.15) is 15.0 Å². The van der Waals surface area contributed by atoms with Gasteiger partial charge in [-0.15, -0.1) is 0 Å². The van der Waals surface area contributed by atoms with E-state index in [1.165, 1.54) is 25.7 Å². The van der Waals surface area contributed by atoms with E-state index in [1.54, 1.807) is 0 Å². The molecule has 1 N–H and O–H groups in total. The van der Waals surface area contributed by atoms with E-state index in [0.717, 1.165) is 25.6 Å². The number of ether oxygens (including phenoxy) is 1.